The van der Waals surface area contributed by atoms with Gasteiger partial charge in [0.25, 0.3) is 11.8 Å². The summed E-state index contributed by atoms with van der Waals surface area (Å²) in [7, 11) is 0. The van der Waals surface area contributed by atoms with E-state index in [9.17, 15) is 9.59 Å². The van der Waals surface area contributed by atoms with Gasteiger partial charge in [-0.2, -0.15) is 0 Å². The molecule has 28 heavy (non-hydrogen) atoms. The summed E-state index contributed by atoms with van der Waals surface area (Å²) in [6.45, 7) is 1.67. The minimum absolute atomic E-state index is 0.0148. The van der Waals surface area contributed by atoms with Gasteiger partial charge in [-0.3, -0.25) is 9.59 Å². The molecule has 4 aliphatic rings. The number of carbonyl (C=O) groups excluding carboxylic acids is 2. The van der Waals surface area contributed by atoms with E-state index < -0.39 is 0 Å². The molecule has 3 heterocycles. The minimum Gasteiger partial charge on any atom is -0.334 e. The van der Waals surface area contributed by atoms with Crippen LogP contribution in [-0.2, 0) is 0 Å². The maximum atomic E-state index is 13.2. The molecule has 2 aliphatic heterocycles. The van der Waals surface area contributed by atoms with Crippen LogP contribution in [0.4, 0.5) is 0 Å². The Kier molecular flexibility index (Phi) is 4.85. The van der Waals surface area contributed by atoms with Gasteiger partial charge in [0.05, 0.1) is 0 Å². The Hall–Kier alpha value is -1.91. The topological polar surface area (TPSA) is 53.5 Å². The lowest BCUT2D eigenvalue weighted by Crippen LogP contribution is -2.41. The number of fused-ring (bicyclic) bond motifs is 2. The summed E-state index contributed by atoms with van der Waals surface area (Å²) in [5, 5.41) is 0. The zero-order chi connectivity index (χ0) is 19.1. The number of aromatic nitrogens is 1. The summed E-state index contributed by atoms with van der Waals surface area (Å²) in [6, 6.07) is 6.15. The fraction of sp³-hybridized carbons (Fsp3) is 0.696. The first-order chi connectivity index (χ1) is 13.7. The molecule has 0 aromatic carbocycles. The molecule has 150 valence electrons. The van der Waals surface area contributed by atoms with Gasteiger partial charge < -0.3 is 9.80 Å². The van der Waals surface area contributed by atoms with Crippen molar-refractivity contribution in [3.63, 3.8) is 0 Å². The number of amides is 2. The molecular weight excluding hydrogens is 350 g/mol. The van der Waals surface area contributed by atoms with Gasteiger partial charge in [-0.25, -0.2) is 4.98 Å². The molecule has 5 nitrogen and oxygen atoms in total. The van der Waals surface area contributed by atoms with Crippen LogP contribution >= 0.6 is 0 Å². The molecule has 4 fully saturated rings. The van der Waals surface area contributed by atoms with Crippen molar-refractivity contribution in [2.24, 2.45) is 11.8 Å². The first-order valence-electron chi connectivity index (χ1n) is 11.3. The van der Waals surface area contributed by atoms with E-state index in [1.54, 1.807) is 12.1 Å². The Morgan fingerprint density at radius 1 is 0.714 bits per heavy atom. The summed E-state index contributed by atoms with van der Waals surface area (Å²) >= 11 is 0. The second kappa shape index (κ2) is 7.49. The van der Waals surface area contributed by atoms with Crippen molar-refractivity contribution in [1.29, 1.82) is 0 Å². The van der Waals surface area contributed by atoms with Crippen molar-refractivity contribution >= 4 is 11.8 Å². The number of carbonyl (C=O) groups is 2. The van der Waals surface area contributed by atoms with Crippen LogP contribution in [0.2, 0.25) is 0 Å². The Labute approximate surface area is 167 Å². The second-order valence-corrected chi connectivity index (χ2v) is 9.21. The number of hydrogen-bond donors (Lipinski definition) is 0. The Morgan fingerprint density at radius 3 is 1.68 bits per heavy atom. The lowest BCUT2D eigenvalue weighted by atomic mass is 9.85. The smallest absolute Gasteiger partial charge is 0.272 e. The third-order valence-corrected chi connectivity index (χ3v) is 7.73. The van der Waals surface area contributed by atoms with Crippen LogP contribution in [0.15, 0.2) is 18.2 Å². The first kappa shape index (κ1) is 18.1. The fourth-order valence-corrected chi connectivity index (χ4v) is 6.28. The molecule has 2 saturated carbocycles. The van der Waals surface area contributed by atoms with Crippen molar-refractivity contribution in [1.82, 2.24) is 14.8 Å². The monoisotopic (exact) mass is 381 g/mol. The molecule has 4 atom stereocenters. The van der Waals surface area contributed by atoms with E-state index in [-0.39, 0.29) is 11.8 Å². The highest BCUT2D eigenvalue weighted by Crippen LogP contribution is 2.38. The molecule has 0 spiro atoms. The Balaban J connectivity index is 1.33. The minimum atomic E-state index is 0.0148. The van der Waals surface area contributed by atoms with Gasteiger partial charge in [0.1, 0.15) is 11.4 Å². The fourth-order valence-electron chi connectivity index (χ4n) is 6.28. The van der Waals surface area contributed by atoms with Gasteiger partial charge in [-0.1, -0.05) is 31.7 Å². The average molecular weight is 382 g/mol. The second-order valence-electron chi connectivity index (χ2n) is 9.21. The molecule has 2 amide bonds. The number of nitrogens with zero attached hydrogens (tertiary/aromatic N) is 3. The van der Waals surface area contributed by atoms with E-state index in [1.165, 1.54) is 38.5 Å². The summed E-state index contributed by atoms with van der Waals surface area (Å²) in [5.41, 5.74) is 0.882. The molecular formula is C23H31N3O2. The first-order valence-corrected chi connectivity index (χ1v) is 11.3. The highest BCUT2D eigenvalue weighted by Gasteiger charge is 2.40. The quantitative estimate of drug-likeness (QED) is 0.781. The van der Waals surface area contributed by atoms with Gasteiger partial charge in [-0.15, -0.1) is 0 Å². The van der Waals surface area contributed by atoms with Crippen molar-refractivity contribution < 1.29 is 9.59 Å². The van der Waals surface area contributed by atoms with E-state index in [0.29, 0.717) is 35.3 Å². The van der Waals surface area contributed by atoms with Crippen molar-refractivity contribution in [3.8, 4) is 0 Å². The SMILES string of the molecule is O=C(c1cccc(C(=O)N2CCC3CCCCC32)n1)N1CCC2CCCCC21. The van der Waals surface area contributed by atoms with E-state index in [1.807, 2.05) is 15.9 Å². The highest BCUT2D eigenvalue weighted by atomic mass is 16.2. The van der Waals surface area contributed by atoms with E-state index in [4.69, 9.17) is 0 Å². The van der Waals surface area contributed by atoms with Crippen LogP contribution in [0.25, 0.3) is 0 Å². The average Bonchev–Trinajstić information content (AvgIpc) is 3.37. The molecule has 2 aliphatic carbocycles. The van der Waals surface area contributed by atoms with Crippen LogP contribution < -0.4 is 0 Å². The number of hydrogen-bond acceptors (Lipinski definition) is 3. The maximum absolute atomic E-state index is 13.2. The lowest BCUT2D eigenvalue weighted by Gasteiger charge is -2.32. The van der Waals surface area contributed by atoms with Crippen LogP contribution in [0.1, 0.15) is 85.2 Å². The van der Waals surface area contributed by atoms with E-state index in [2.05, 4.69) is 4.98 Å². The number of likely N-dealkylation sites (tertiary alicyclic amines) is 2. The molecule has 5 rings (SSSR count). The zero-order valence-corrected chi connectivity index (χ0v) is 16.7. The van der Waals surface area contributed by atoms with Crippen molar-refractivity contribution in [2.45, 2.75) is 76.3 Å². The standard InChI is InChI=1S/C23H31N3O2/c27-22(25-14-12-16-6-1-3-10-20(16)25)18-8-5-9-19(24-18)23(28)26-15-13-17-7-2-4-11-21(17)26/h5,8-9,16-17,20-21H,1-4,6-7,10-15H2. The van der Waals surface area contributed by atoms with Gasteiger partial charge >= 0.3 is 0 Å². The summed E-state index contributed by atoms with van der Waals surface area (Å²) in [4.78, 5) is 35.0. The Bertz CT molecular complexity index is 705. The zero-order valence-electron chi connectivity index (χ0n) is 16.7. The normalized spacial score (nSPS) is 32.1. The summed E-state index contributed by atoms with van der Waals surface area (Å²) in [5.74, 6) is 1.35. The molecule has 1 aromatic heterocycles. The summed E-state index contributed by atoms with van der Waals surface area (Å²) in [6.07, 6.45) is 12.0. The third kappa shape index (κ3) is 3.13. The van der Waals surface area contributed by atoms with Gasteiger partial charge in [0.2, 0.25) is 0 Å². The molecule has 0 bridgehead atoms. The van der Waals surface area contributed by atoms with E-state index >= 15 is 0 Å². The molecule has 2 saturated heterocycles. The Morgan fingerprint density at radius 2 is 1.18 bits per heavy atom. The van der Waals surface area contributed by atoms with Crippen LogP contribution in [-0.4, -0.2) is 51.8 Å². The van der Waals surface area contributed by atoms with Crippen LogP contribution in [0, 0.1) is 11.8 Å². The lowest BCUT2D eigenvalue weighted by molar-refractivity contribution is 0.0676. The molecule has 0 N–H and O–H groups in total. The van der Waals surface area contributed by atoms with Crippen molar-refractivity contribution in [3.05, 3.63) is 29.6 Å². The molecule has 4 unspecified atom stereocenters. The predicted molar refractivity (Wildman–Crippen MR) is 107 cm³/mol. The van der Waals surface area contributed by atoms with E-state index in [0.717, 1.165) is 38.8 Å². The molecule has 0 radical (unpaired) electrons. The largest absolute Gasteiger partial charge is 0.334 e. The number of pyridine rings is 1. The molecule has 1 aromatic rings. The van der Waals surface area contributed by atoms with Crippen LogP contribution in [0.3, 0.4) is 0 Å². The summed E-state index contributed by atoms with van der Waals surface area (Å²) < 4.78 is 0. The highest BCUT2D eigenvalue weighted by molar-refractivity contribution is 5.96. The predicted octanol–water partition coefficient (Wildman–Crippen LogP) is 3.89. The van der Waals surface area contributed by atoms with Crippen molar-refractivity contribution in [2.75, 3.05) is 13.1 Å². The van der Waals surface area contributed by atoms with Crippen LogP contribution in [0.5, 0.6) is 0 Å². The third-order valence-electron chi connectivity index (χ3n) is 7.73. The molecule has 5 heteroatoms. The van der Waals surface area contributed by atoms with Gasteiger partial charge in [-0.05, 0) is 62.5 Å². The number of rotatable bonds is 2. The maximum Gasteiger partial charge on any atom is 0.272 e. The van der Waals surface area contributed by atoms with Gasteiger partial charge in [0.15, 0.2) is 0 Å². The van der Waals surface area contributed by atoms with Gasteiger partial charge in [0, 0.05) is 25.2 Å².